The van der Waals surface area contributed by atoms with E-state index in [1.54, 1.807) is 0 Å². The van der Waals surface area contributed by atoms with E-state index in [1.165, 1.54) is 23.3 Å². The lowest BCUT2D eigenvalue weighted by molar-refractivity contribution is 0.193. The zero-order valence-electron chi connectivity index (χ0n) is 18.3. The second kappa shape index (κ2) is 9.45. The zero-order chi connectivity index (χ0) is 22.6. The number of ether oxygens (including phenoxy) is 1. The largest absolute Gasteiger partial charge is 0.439 e. The molecule has 1 aromatic heterocycles. The molecule has 1 aliphatic heterocycles. The summed E-state index contributed by atoms with van der Waals surface area (Å²) < 4.78 is 18.8. The number of benzene rings is 2. The highest BCUT2D eigenvalue weighted by atomic mass is 19.1. The molecule has 3 aromatic rings. The number of urea groups is 1. The van der Waals surface area contributed by atoms with E-state index in [-0.39, 0.29) is 12.1 Å². The number of rotatable bonds is 5. The van der Waals surface area contributed by atoms with Crippen LogP contribution in [0.1, 0.15) is 36.3 Å². The molecule has 33 heavy (non-hydrogen) atoms. The molecule has 1 saturated carbocycles. The molecule has 1 aliphatic carbocycles. The number of nitrogens with one attached hydrogen (secondary N) is 1. The molecule has 1 N–H and O–H groups in total. The number of carbonyl (C=O) groups is 1. The lowest BCUT2D eigenvalue weighted by Gasteiger charge is -2.28. The Hall–Kier alpha value is -3.67. The summed E-state index contributed by atoms with van der Waals surface area (Å²) in [6, 6.07) is 21.2. The Balaban J connectivity index is 1.13. The lowest BCUT2D eigenvalue weighted by atomic mass is 10.0. The Morgan fingerprint density at radius 2 is 1.88 bits per heavy atom. The molecule has 168 valence electrons. The van der Waals surface area contributed by atoms with Crippen LogP contribution in [0.5, 0.6) is 11.6 Å². The number of nitrogens with zero attached hydrogens (tertiary/aromatic N) is 2. The number of piperidine rings is 1. The van der Waals surface area contributed by atoms with E-state index in [1.807, 2.05) is 47.4 Å². The molecular weight excluding hydrogens is 417 g/mol. The van der Waals surface area contributed by atoms with Crippen molar-refractivity contribution in [1.82, 2.24) is 15.2 Å². The molecule has 1 saturated heterocycles. The van der Waals surface area contributed by atoms with E-state index >= 15 is 0 Å². The molecule has 2 fully saturated rings. The monoisotopic (exact) mass is 443 g/mol. The average molecular weight is 444 g/mol. The van der Waals surface area contributed by atoms with Crippen molar-refractivity contribution in [2.24, 2.45) is 0 Å². The van der Waals surface area contributed by atoms with Crippen molar-refractivity contribution < 1.29 is 13.9 Å². The van der Waals surface area contributed by atoms with E-state index in [4.69, 9.17) is 4.74 Å². The van der Waals surface area contributed by atoms with Gasteiger partial charge in [-0.15, -0.1) is 0 Å². The summed E-state index contributed by atoms with van der Waals surface area (Å²) in [6.07, 6.45) is 6.01. The first-order valence-corrected chi connectivity index (χ1v) is 11.3. The Morgan fingerprint density at radius 3 is 2.64 bits per heavy atom. The van der Waals surface area contributed by atoms with Gasteiger partial charge < -0.3 is 15.0 Å². The van der Waals surface area contributed by atoms with Crippen molar-refractivity contribution in [2.75, 3.05) is 13.1 Å². The predicted octanol–water partition coefficient (Wildman–Crippen LogP) is 5.76. The minimum Gasteiger partial charge on any atom is -0.439 e. The van der Waals surface area contributed by atoms with E-state index in [0.717, 1.165) is 44.1 Å². The smallest absolute Gasteiger partial charge is 0.317 e. The molecule has 2 atom stereocenters. The summed E-state index contributed by atoms with van der Waals surface area (Å²) in [5, 5.41) is 3.19. The third-order valence-corrected chi connectivity index (χ3v) is 6.17. The van der Waals surface area contributed by atoms with Gasteiger partial charge in [-0.2, -0.15) is 0 Å². The topological polar surface area (TPSA) is 54.5 Å². The SMILES string of the molecule is O=C(N[C@@H]1CC1c1ccccc1)N1CCC(=Cc2cccc(Oc3ccc(F)cn3)c2)CC1. The minimum atomic E-state index is -0.394. The Kier molecular flexibility index (Phi) is 6.07. The van der Waals surface area contributed by atoms with Crippen molar-refractivity contribution in [1.29, 1.82) is 0 Å². The van der Waals surface area contributed by atoms with E-state index in [9.17, 15) is 9.18 Å². The fraction of sp³-hybridized carbons (Fsp3) is 0.259. The van der Waals surface area contributed by atoms with Gasteiger partial charge in [0.2, 0.25) is 5.88 Å². The summed E-state index contributed by atoms with van der Waals surface area (Å²) in [4.78, 5) is 18.5. The third-order valence-electron chi connectivity index (χ3n) is 6.17. The fourth-order valence-electron chi connectivity index (χ4n) is 4.26. The maximum atomic E-state index is 13.0. The molecule has 1 unspecified atom stereocenters. The van der Waals surface area contributed by atoms with Gasteiger partial charge in [0.15, 0.2) is 0 Å². The van der Waals surface area contributed by atoms with Crippen molar-refractivity contribution in [3.63, 3.8) is 0 Å². The van der Waals surface area contributed by atoms with Crippen LogP contribution >= 0.6 is 0 Å². The van der Waals surface area contributed by atoms with E-state index < -0.39 is 5.82 Å². The first-order chi connectivity index (χ1) is 16.1. The van der Waals surface area contributed by atoms with Crippen molar-refractivity contribution in [3.05, 3.63) is 95.4 Å². The molecule has 5 nitrogen and oxygen atoms in total. The molecule has 6 heteroatoms. The van der Waals surface area contributed by atoms with Crippen LogP contribution in [0.25, 0.3) is 6.08 Å². The van der Waals surface area contributed by atoms with Crippen LogP contribution < -0.4 is 10.1 Å². The number of amides is 2. The number of pyridine rings is 1. The highest BCUT2D eigenvalue weighted by Gasteiger charge is 2.40. The number of likely N-dealkylation sites (tertiary alicyclic amines) is 1. The van der Waals surface area contributed by atoms with Crippen LogP contribution in [-0.2, 0) is 0 Å². The first kappa shape index (κ1) is 21.2. The number of hydrogen-bond donors (Lipinski definition) is 1. The molecule has 5 rings (SSSR count). The first-order valence-electron chi connectivity index (χ1n) is 11.3. The van der Waals surface area contributed by atoms with Crippen LogP contribution in [0.3, 0.4) is 0 Å². The Morgan fingerprint density at radius 1 is 1.06 bits per heavy atom. The quantitative estimate of drug-likeness (QED) is 0.546. The molecule has 0 radical (unpaired) electrons. The van der Waals surface area contributed by atoms with Gasteiger partial charge in [-0.25, -0.2) is 14.2 Å². The molecule has 2 heterocycles. The summed E-state index contributed by atoms with van der Waals surface area (Å²) in [6.45, 7) is 1.44. The zero-order valence-corrected chi connectivity index (χ0v) is 18.3. The summed E-state index contributed by atoms with van der Waals surface area (Å²) >= 11 is 0. The lowest BCUT2D eigenvalue weighted by Crippen LogP contribution is -2.44. The second-order valence-corrected chi connectivity index (χ2v) is 8.59. The van der Waals surface area contributed by atoms with Crippen LogP contribution in [0.15, 0.2) is 78.5 Å². The number of hydrogen-bond acceptors (Lipinski definition) is 3. The van der Waals surface area contributed by atoms with Crippen LogP contribution in [-0.4, -0.2) is 35.0 Å². The van der Waals surface area contributed by atoms with Crippen molar-refractivity contribution >= 4 is 12.1 Å². The highest BCUT2D eigenvalue weighted by Crippen LogP contribution is 2.40. The van der Waals surface area contributed by atoms with Gasteiger partial charge in [-0.3, -0.25) is 0 Å². The van der Waals surface area contributed by atoms with Crippen molar-refractivity contribution in [3.8, 4) is 11.6 Å². The highest BCUT2D eigenvalue weighted by molar-refractivity contribution is 5.75. The van der Waals surface area contributed by atoms with Gasteiger partial charge >= 0.3 is 6.03 Å². The average Bonchev–Trinajstić information content (AvgIpc) is 3.61. The van der Waals surface area contributed by atoms with Gasteiger partial charge in [-0.1, -0.05) is 54.1 Å². The van der Waals surface area contributed by atoms with E-state index in [0.29, 0.717) is 17.5 Å². The Bertz CT molecular complexity index is 1140. The second-order valence-electron chi connectivity index (χ2n) is 8.59. The van der Waals surface area contributed by atoms with Crippen LogP contribution in [0, 0.1) is 5.82 Å². The number of aromatic nitrogens is 1. The summed E-state index contributed by atoms with van der Waals surface area (Å²) in [5.41, 5.74) is 3.64. The normalized spacial score (nSPS) is 19.7. The third kappa shape index (κ3) is 5.40. The molecule has 0 spiro atoms. The number of halogens is 1. The molecule has 2 aliphatic rings. The summed E-state index contributed by atoms with van der Waals surface area (Å²) in [5.74, 6) is 1.05. The molecule has 2 amide bonds. The maximum absolute atomic E-state index is 13.0. The number of carbonyl (C=O) groups excluding carboxylic acids is 1. The maximum Gasteiger partial charge on any atom is 0.317 e. The Labute approximate surface area is 192 Å². The molecule has 2 aromatic carbocycles. The molecular formula is C27H26FN3O2. The van der Waals surface area contributed by atoms with Gasteiger partial charge in [0.1, 0.15) is 11.6 Å². The van der Waals surface area contributed by atoms with Gasteiger partial charge in [0, 0.05) is 31.1 Å². The van der Waals surface area contributed by atoms with Crippen molar-refractivity contribution in [2.45, 2.75) is 31.2 Å². The predicted molar refractivity (Wildman–Crippen MR) is 126 cm³/mol. The fourth-order valence-corrected chi connectivity index (χ4v) is 4.26. The standard InChI is InChI=1S/C27H26FN3O2/c28-22-9-10-26(29-18-22)33-23-8-4-5-20(16-23)15-19-11-13-31(14-12-19)27(32)30-25-17-24(25)21-6-2-1-3-7-21/h1-10,15-16,18,24-25H,11-14,17H2,(H,30,32)/t24?,25-/m1/s1. The van der Waals surface area contributed by atoms with E-state index in [2.05, 4.69) is 28.5 Å². The van der Waals surface area contributed by atoms with Gasteiger partial charge in [0.25, 0.3) is 0 Å². The minimum absolute atomic E-state index is 0.0414. The van der Waals surface area contributed by atoms with Crippen LogP contribution in [0.2, 0.25) is 0 Å². The van der Waals surface area contributed by atoms with Gasteiger partial charge in [-0.05, 0) is 48.6 Å². The van der Waals surface area contributed by atoms with Gasteiger partial charge in [0.05, 0.1) is 6.20 Å². The summed E-state index contributed by atoms with van der Waals surface area (Å²) in [7, 11) is 0. The van der Waals surface area contributed by atoms with Crippen LogP contribution in [0.4, 0.5) is 9.18 Å². The molecule has 0 bridgehead atoms.